The van der Waals surface area contributed by atoms with Crippen molar-refractivity contribution in [2.75, 3.05) is 7.11 Å². The Morgan fingerprint density at radius 3 is 2.63 bits per heavy atom. The molecule has 1 aromatic carbocycles. The number of ether oxygens (including phenoxy) is 1. The van der Waals surface area contributed by atoms with Crippen LogP contribution in [0.1, 0.15) is 57.1 Å². The molecule has 0 amide bonds. The summed E-state index contributed by atoms with van der Waals surface area (Å²) >= 11 is 0. The summed E-state index contributed by atoms with van der Waals surface area (Å²) in [5.41, 5.74) is 3.29. The third-order valence-electron chi connectivity index (χ3n) is 3.39. The smallest absolute Gasteiger partial charge is 0.169 e. The van der Waals surface area contributed by atoms with E-state index in [1.54, 1.807) is 18.2 Å². The number of nitrogens with one attached hydrogen (secondary N) is 1. The minimum atomic E-state index is -0.318. The monoisotopic (exact) mass is 268 g/mol. The number of benzene rings is 1. The van der Waals surface area contributed by atoms with Gasteiger partial charge < -0.3 is 4.74 Å². The fourth-order valence-corrected chi connectivity index (χ4v) is 2.24. The van der Waals surface area contributed by atoms with E-state index >= 15 is 0 Å². The molecule has 1 atom stereocenters. The number of nitrogens with two attached hydrogens (primary N) is 1. The summed E-state index contributed by atoms with van der Waals surface area (Å²) in [4.78, 5) is 0. The van der Waals surface area contributed by atoms with Gasteiger partial charge in [-0.05, 0) is 12.5 Å². The van der Waals surface area contributed by atoms with Gasteiger partial charge in [-0.15, -0.1) is 0 Å². The van der Waals surface area contributed by atoms with Gasteiger partial charge >= 0.3 is 0 Å². The van der Waals surface area contributed by atoms with E-state index in [0.717, 1.165) is 19.3 Å². The molecule has 0 aliphatic heterocycles. The molecule has 108 valence electrons. The lowest BCUT2D eigenvalue weighted by Crippen LogP contribution is -2.28. The van der Waals surface area contributed by atoms with Gasteiger partial charge in [-0.2, -0.15) is 0 Å². The molecule has 1 aromatic rings. The zero-order valence-electron chi connectivity index (χ0n) is 11.9. The largest absolute Gasteiger partial charge is 0.494 e. The molecule has 0 saturated carbocycles. The fraction of sp³-hybridized carbons (Fsp3) is 0.600. The van der Waals surface area contributed by atoms with Crippen LogP contribution in [0.2, 0.25) is 0 Å². The molecule has 0 heterocycles. The standard InChI is InChI=1S/C15H25FN2O/c1-3-4-5-6-7-10-13(18-17)12-9-8-11-14(19-2)15(12)16/h8-9,11,13,18H,3-7,10,17H2,1-2H3. The van der Waals surface area contributed by atoms with Crippen LogP contribution in [0.25, 0.3) is 0 Å². The second kappa shape index (κ2) is 8.88. The van der Waals surface area contributed by atoms with Crippen LogP contribution in [0.5, 0.6) is 5.75 Å². The van der Waals surface area contributed by atoms with Gasteiger partial charge in [0.2, 0.25) is 0 Å². The Hall–Kier alpha value is -1.13. The summed E-state index contributed by atoms with van der Waals surface area (Å²) in [5.74, 6) is 5.50. The molecule has 0 radical (unpaired) electrons. The van der Waals surface area contributed by atoms with Crippen LogP contribution in [-0.2, 0) is 0 Å². The second-order valence-corrected chi connectivity index (χ2v) is 4.79. The number of hydrazine groups is 1. The van der Waals surface area contributed by atoms with Crippen LogP contribution in [0, 0.1) is 5.82 Å². The maximum Gasteiger partial charge on any atom is 0.169 e. The molecule has 1 unspecified atom stereocenters. The summed E-state index contributed by atoms with van der Waals surface area (Å²) in [7, 11) is 1.47. The Balaban J connectivity index is 2.59. The molecule has 4 heteroatoms. The maximum atomic E-state index is 14.1. The van der Waals surface area contributed by atoms with E-state index in [0.29, 0.717) is 5.56 Å². The van der Waals surface area contributed by atoms with E-state index in [2.05, 4.69) is 12.3 Å². The Labute approximate surface area is 115 Å². The fourth-order valence-electron chi connectivity index (χ4n) is 2.24. The Kier molecular flexibility index (Phi) is 7.45. The van der Waals surface area contributed by atoms with Crippen molar-refractivity contribution in [2.24, 2.45) is 5.84 Å². The summed E-state index contributed by atoms with van der Waals surface area (Å²) in [5, 5.41) is 0. The number of hydrogen-bond acceptors (Lipinski definition) is 3. The highest BCUT2D eigenvalue weighted by molar-refractivity contribution is 5.32. The van der Waals surface area contributed by atoms with E-state index in [4.69, 9.17) is 10.6 Å². The van der Waals surface area contributed by atoms with Crippen molar-refractivity contribution >= 4 is 0 Å². The van der Waals surface area contributed by atoms with Crippen LogP contribution in [0.15, 0.2) is 18.2 Å². The van der Waals surface area contributed by atoms with Crippen molar-refractivity contribution in [3.8, 4) is 5.75 Å². The van der Waals surface area contributed by atoms with Crippen molar-refractivity contribution in [1.82, 2.24) is 5.43 Å². The average molecular weight is 268 g/mol. The van der Waals surface area contributed by atoms with Crippen LogP contribution in [-0.4, -0.2) is 7.11 Å². The van der Waals surface area contributed by atoms with E-state index < -0.39 is 0 Å². The van der Waals surface area contributed by atoms with Crippen LogP contribution in [0.3, 0.4) is 0 Å². The highest BCUT2D eigenvalue weighted by Gasteiger charge is 2.16. The summed E-state index contributed by atoms with van der Waals surface area (Å²) in [6.07, 6.45) is 6.76. The second-order valence-electron chi connectivity index (χ2n) is 4.79. The summed E-state index contributed by atoms with van der Waals surface area (Å²) < 4.78 is 19.1. The molecular formula is C15H25FN2O. The van der Waals surface area contributed by atoms with E-state index in [-0.39, 0.29) is 17.6 Å². The SMILES string of the molecule is CCCCCCCC(NN)c1cccc(OC)c1F. The van der Waals surface area contributed by atoms with Gasteiger partial charge in [0, 0.05) is 11.6 Å². The Bertz CT molecular complexity index is 371. The molecule has 3 nitrogen and oxygen atoms in total. The molecule has 3 N–H and O–H groups in total. The normalized spacial score (nSPS) is 12.4. The number of rotatable bonds is 9. The van der Waals surface area contributed by atoms with Gasteiger partial charge in [-0.25, -0.2) is 4.39 Å². The maximum absolute atomic E-state index is 14.1. The average Bonchev–Trinajstić information content (AvgIpc) is 2.44. The Morgan fingerprint density at radius 2 is 2.00 bits per heavy atom. The van der Waals surface area contributed by atoms with Crippen LogP contribution in [0.4, 0.5) is 4.39 Å². The first-order chi connectivity index (χ1) is 9.24. The van der Waals surface area contributed by atoms with Gasteiger partial charge in [0.15, 0.2) is 11.6 Å². The molecule has 0 aromatic heterocycles. The first-order valence-electron chi connectivity index (χ1n) is 7.03. The molecule has 0 fully saturated rings. The van der Waals surface area contributed by atoms with Gasteiger partial charge in [0.1, 0.15) is 0 Å². The summed E-state index contributed by atoms with van der Waals surface area (Å²) in [6, 6.07) is 5.01. The number of unbranched alkanes of at least 4 members (excludes halogenated alkanes) is 4. The first-order valence-corrected chi connectivity index (χ1v) is 7.03. The third-order valence-corrected chi connectivity index (χ3v) is 3.39. The predicted molar refractivity (Wildman–Crippen MR) is 76.4 cm³/mol. The minimum absolute atomic E-state index is 0.156. The number of halogens is 1. The zero-order chi connectivity index (χ0) is 14.1. The topological polar surface area (TPSA) is 47.3 Å². The van der Waals surface area contributed by atoms with Crippen molar-refractivity contribution < 1.29 is 9.13 Å². The molecule has 0 spiro atoms. The lowest BCUT2D eigenvalue weighted by Gasteiger charge is -2.18. The molecular weight excluding hydrogens is 243 g/mol. The van der Waals surface area contributed by atoms with E-state index in [1.165, 1.54) is 26.4 Å². The van der Waals surface area contributed by atoms with Gasteiger partial charge in [0.25, 0.3) is 0 Å². The van der Waals surface area contributed by atoms with E-state index in [9.17, 15) is 4.39 Å². The van der Waals surface area contributed by atoms with E-state index in [1.807, 2.05) is 0 Å². The molecule has 19 heavy (non-hydrogen) atoms. The third kappa shape index (κ3) is 4.80. The lowest BCUT2D eigenvalue weighted by atomic mass is 9.99. The lowest BCUT2D eigenvalue weighted by molar-refractivity contribution is 0.376. The van der Waals surface area contributed by atoms with Crippen molar-refractivity contribution in [1.29, 1.82) is 0 Å². The van der Waals surface area contributed by atoms with Crippen LogP contribution >= 0.6 is 0 Å². The highest BCUT2D eigenvalue weighted by Crippen LogP contribution is 2.27. The van der Waals surface area contributed by atoms with Crippen molar-refractivity contribution in [3.63, 3.8) is 0 Å². The number of methoxy groups -OCH3 is 1. The van der Waals surface area contributed by atoms with Crippen molar-refractivity contribution in [2.45, 2.75) is 51.5 Å². The quantitative estimate of drug-likeness (QED) is 0.408. The minimum Gasteiger partial charge on any atom is -0.494 e. The molecule has 0 aliphatic carbocycles. The molecule has 0 bridgehead atoms. The predicted octanol–water partition coefficient (Wildman–Crippen LogP) is 3.70. The van der Waals surface area contributed by atoms with Gasteiger partial charge in [0.05, 0.1) is 7.11 Å². The van der Waals surface area contributed by atoms with Gasteiger partial charge in [-0.1, -0.05) is 51.2 Å². The van der Waals surface area contributed by atoms with Crippen molar-refractivity contribution in [3.05, 3.63) is 29.6 Å². The first kappa shape index (κ1) is 15.9. The zero-order valence-corrected chi connectivity index (χ0v) is 11.9. The number of hydrogen-bond donors (Lipinski definition) is 2. The molecule has 0 aliphatic rings. The molecule has 1 rings (SSSR count). The highest BCUT2D eigenvalue weighted by atomic mass is 19.1. The van der Waals surface area contributed by atoms with Gasteiger partial charge in [-0.3, -0.25) is 11.3 Å². The summed E-state index contributed by atoms with van der Waals surface area (Å²) in [6.45, 7) is 2.19. The Morgan fingerprint density at radius 1 is 1.26 bits per heavy atom. The van der Waals surface area contributed by atoms with Crippen LogP contribution < -0.4 is 16.0 Å². The molecule has 0 saturated heterocycles.